The summed E-state index contributed by atoms with van der Waals surface area (Å²) in [4.78, 5) is 0. The molecule has 0 amide bonds. The SMILES string of the molecule is C[CH2][GeH]([CH2]C)[Hf]([Cl])([Cl])([c]1cccc2c1Cc1ccccc1-2)[c]1cccc2c1Cc1ccccc1-2. The number of hydrogen-bond acceptors (Lipinski definition) is 0. The second kappa shape index (κ2) is 8.47. The van der Waals surface area contributed by atoms with E-state index < -0.39 is 24.3 Å². The van der Waals surface area contributed by atoms with Gasteiger partial charge in [-0.15, -0.1) is 0 Å². The standard InChI is InChI=1S/2C13H9.C4H11Ge.2ClH.Hf/c2*1-3-7-12-10(5-1)9-11-6-2-4-8-13(11)12;1-3-5-4-2;;;/h2*1-5,7-8H,9H2;5H,3-4H2,1-2H3;2*1H;/q;;;;;+2/p-2. The third-order valence-electron chi connectivity index (χ3n) is 8.39. The van der Waals surface area contributed by atoms with E-state index in [1.165, 1.54) is 61.7 Å². The number of halogens is 2. The Hall–Kier alpha value is -1.13. The molecule has 0 atom stereocenters. The van der Waals surface area contributed by atoms with Crippen molar-refractivity contribution in [1.29, 1.82) is 0 Å². The summed E-state index contributed by atoms with van der Waals surface area (Å²) in [5.41, 5.74) is 11.0. The van der Waals surface area contributed by atoms with Crippen molar-refractivity contribution in [3.05, 3.63) is 107 Å². The Balaban J connectivity index is 1.65. The Kier molecular flexibility index (Phi) is 5.80. The van der Waals surface area contributed by atoms with Gasteiger partial charge in [0.05, 0.1) is 0 Å². The van der Waals surface area contributed by atoms with Gasteiger partial charge in [-0.05, 0) is 0 Å². The van der Waals surface area contributed by atoms with E-state index in [9.17, 15) is 0 Å². The van der Waals surface area contributed by atoms with E-state index in [0.717, 1.165) is 12.8 Å². The fourth-order valence-corrected chi connectivity index (χ4v) is 107. The Labute approximate surface area is 212 Å². The summed E-state index contributed by atoms with van der Waals surface area (Å²) in [5.74, 6) is 0. The molecule has 0 bridgehead atoms. The Morgan fingerprint density at radius 3 is 1.44 bits per heavy atom. The van der Waals surface area contributed by atoms with Crippen LogP contribution in [0, 0.1) is 0 Å². The van der Waals surface area contributed by atoms with Crippen molar-refractivity contribution in [2.24, 2.45) is 0 Å². The van der Waals surface area contributed by atoms with Crippen LogP contribution in [0.4, 0.5) is 0 Å². The summed E-state index contributed by atoms with van der Waals surface area (Å²) in [7, 11) is 14.5. The third-order valence-corrected chi connectivity index (χ3v) is 112. The summed E-state index contributed by atoms with van der Waals surface area (Å²) in [6.45, 7) is 4.70. The molecule has 0 saturated carbocycles. The summed E-state index contributed by atoms with van der Waals surface area (Å²) >= 11 is -4.78. The van der Waals surface area contributed by atoms with E-state index in [2.05, 4.69) is 98.8 Å². The number of fused-ring (bicyclic) bond motifs is 6. The van der Waals surface area contributed by atoms with Gasteiger partial charge in [-0.25, -0.2) is 0 Å². The van der Waals surface area contributed by atoms with Crippen LogP contribution in [-0.2, 0) is 26.5 Å². The Morgan fingerprint density at radius 1 is 0.588 bits per heavy atom. The van der Waals surface area contributed by atoms with E-state index in [0.29, 0.717) is 0 Å². The summed E-state index contributed by atoms with van der Waals surface area (Å²) < 4.78 is 2.71. The molecule has 0 radical (unpaired) electrons. The zero-order valence-corrected chi connectivity index (χ0v) is 27.3. The molecule has 0 heterocycles. The van der Waals surface area contributed by atoms with Crippen molar-refractivity contribution in [3.8, 4) is 22.3 Å². The van der Waals surface area contributed by atoms with Crippen LogP contribution in [-0.4, -0.2) is 10.6 Å². The van der Waals surface area contributed by atoms with Crippen LogP contribution < -0.4 is 6.64 Å². The molecular weight excluding hydrogens is 682 g/mol. The molecular formula is C30H29Cl2GeHf. The average Bonchev–Trinajstić information content (AvgIpc) is 3.43. The van der Waals surface area contributed by atoms with E-state index in [1.54, 1.807) is 0 Å². The second-order valence-corrected chi connectivity index (χ2v) is 90.0. The molecule has 0 fully saturated rings. The van der Waals surface area contributed by atoms with Gasteiger partial charge in [-0.1, -0.05) is 0 Å². The first-order valence-electron chi connectivity index (χ1n) is 12.5. The van der Waals surface area contributed by atoms with Crippen LogP contribution >= 0.6 is 17.2 Å². The van der Waals surface area contributed by atoms with E-state index in [1.807, 2.05) is 0 Å². The summed E-state index contributed by atoms with van der Waals surface area (Å²) in [5, 5.41) is 2.36. The topological polar surface area (TPSA) is 0 Å². The van der Waals surface area contributed by atoms with Gasteiger partial charge in [0.1, 0.15) is 0 Å². The Morgan fingerprint density at radius 2 is 1.00 bits per heavy atom. The first-order valence-corrected chi connectivity index (χ1v) is 40.4. The molecule has 0 N–H and O–H groups in total. The molecule has 4 aromatic rings. The normalized spacial score (nSPS) is 14.8. The second-order valence-electron chi connectivity index (χ2n) is 9.93. The number of hydrogen-bond donors (Lipinski definition) is 0. The van der Waals surface area contributed by atoms with Crippen molar-refractivity contribution in [2.45, 2.75) is 37.2 Å². The first-order chi connectivity index (χ1) is 16.5. The molecule has 171 valence electrons. The zero-order chi connectivity index (χ0) is 23.5. The van der Waals surface area contributed by atoms with Gasteiger partial charge in [0.2, 0.25) is 0 Å². The molecule has 0 nitrogen and oxygen atoms in total. The molecule has 0 aromatic heterocycles. The fraction of sp³-hybridized carbons (Fsp3) is 0.200. The van der Waals surface area contributed by atoms with Gasteiger partial charge in [-0.3, -0.25) is 0 Å². The molecule has 6 rings (SSSR count). The number of rotatable bonds is 5. The van der Waals surface area contributed by atoms with Gasteiger partial charge in [0, 0.05) is 0 Å². The van der Waals surface area contributed by atoms with E-state index in [-0.39, 0.29) is 0 Å². The zero-order valence-electron chi connectivity index (χ0n) is 19.7. The average molecular weight is 712 g/mol. The minimum atomic E-state index is -4.78. The van der Waals surface area contributed by atoms with Crippen molar-refractivity contribution < 1.29 is 13.6 Å². The minimum absolute atomic E-state index is 0.949. The van der Waals surface area contributed by atoms with Crippen LogP contribution in [0.15, 0.2) is 84.9 Å². The summed E-state index contributed by atoms with van der Waals surface area (Å²) in [6.07, 6.45) is 1.90. The van der Waals surface area contributed by atoms with E-state index in [4.69, 9.17) is 17.2 Å². The molecule has 4 heteroatoms. The van der Waals surface area contributed by atoms with Gasteiger partial charge >= 0.3 is 215 Å². The monoisotopic (exact) mass is 713 g/mol. The van der Waals surface area contributed by atoms with Gasteiger partial charge < -0.3 is 0 Å². The third kappa shape index (κ3) is 3.19. The maximum atomic E-state index is 8.33. The fourth-order valence-electron chi connectivity index (χ4n) is 6.76. The van der Waals surface area contributed by atoms with Crippen LogP contribution in [0.25, 0.3) is 22.3 Å². The van der Waals surface area contributed by atoms with Gasteiger partial charge in [-0.2, -0.15) is 0 Å². The first kappa shape index (κ1) is 23.3. The van der Waals surface area contributed by atoms with Crippen LogP contribution in [0.1, 0.15) is 36.1 Å². The maximum absolute atomic E-state index is 8.33. The molecule has 0 unspecified atom stereocenters. The van der Waals surface area contributed by atoms with Crippen molar-refractivity contribution in [2.75, 3.05) is 0 Å². The molecule has 0 saturated heterocycles. The molecule has 0 spiro atoms. The quantitative estimate of drug-likeness (QED) is 0.162. The van der Waals surface area contributed by atoms with Crippen LogP contribution in [0.2, 0.25) is 10.5 Å². The molecule has 2 aliphatic carbocycles. The molecule has 34 heavy (non-hydrogen) atoms. The molecule has 2 aliphatic rings. The van der Waals surface area contributed by atoms with Gasteiger partial charge in [0.15, 0.2) is 0 Å². The number of benzene rings is 4. The molecule has 0 aliphatic heterocycles. The predicted octanol–water partition coefficient (Wildman–Crippen LogP) is 7.54. The summed E-state index contributed by atoms with van der Waals surface area (Å²) in [6, 6.07) is 31.3. The van der Waals surface area contributed by atoms with E-state index >= 15 is 0 Å². The van der Waals surface area contributed by atoms with Crippen LogP contribution in [0.3, 0.4) is 0 Å². The Bertz CT molecular complexity index is 1340. The van der Waals surface area contributed by atoms with Crippen LogP contribution in [0.5, 0.6) is 0 Å². The molecule has 4 aromatic carbocycles. The predicted molar refractivity (Wildman–Crippen MR) is 148 cm³/mol. The van der Waals surface area contributed by atoms with Crippen molar-refractivity contribution >= 4 is 34.4 Å². The van der Waals surface area contributed by atoms with Gasteiger partial charge in [0.25, 0.3) is 0 Å². The van der Waals surface area contributed by atoms with Crippen molar-refractivity contribution in [3.63, 3.8) is 0 Å². The van der Waals surface area contributed by atoms with Crippen molar-refractivity contribution in [1.82, 2.24) is 0 Å².